The van der Waals surface area contributed by atoms with E-state index in [9.17, 15) is 0 Å². The number of aromatic nitrogens is 2. The number of nitrogen functional groups attached to an aromatic ring is 1. The summed E-state index contributed by atoms with van der Waals surface area (Å²) in [7, 11) is 0. The van der Waals surface area contributed by atoms with Gasteiger partial charge in [-0.1, -0.05) is 12.8 Å². The number of nitrogens with zero attached hydrogens (tertiary/aromatic N) is 2. The van der Waals surface area contributed by atoms with E-state index in [1.54, 1.807) is 0 Å². The van der Waals surface area contributed by atoms with Gasteiger partial charge in [0.15, 0.2) is 0 Å². The van der Waals surface area contributed by atoms with Crippen LogP contribution in [0.1, 0.15) is 31.4 Å². The summed E-state index contributed by atoms with van der Waals surface area (Å²) >= 11 is 0. The molecule has 2 aromatic heterocycles. The Morgan fingerprint density at radius 1 is 1.19 bits per heavy atom. The van der Waals surface area contributed by atoms with Crippen molar-refractivity contribution >= 4 is 16.6 Å². The van der Waals surface area contributed by atoms with E-state index in [0.29, 0.717) is 0 Å². The summed E-state index contributed by atoms with van der Waals surface area (Å²) in [6.45, 7) is 1.09. The zero-order valence-electron chi connectivity index (χ0n) is 9.45. The highest BCUT2D eigenvalue weighted by atomic mass is 15.0. The molecule has 3 heteroatoms. The Morgan fingerprint density at radius 3 is 3.00 bits per heavy atom. The van der Waals surface area contributed by atoms with Gasteiger partial charge in [0, 0.05) is 23.8 Å². The number of fused-ring (bicyclic) bond motifs is 3. The Bertz CT molecular complexity index is 513. The summed E-state index contributed by atoms with van der Waals surface area (Å²) in [4.78, 5) is 4.21. The number of hydrogen-bond acceptors (Lipinski definition) is 2. The minimum absolute atomic E-state index is 0.972. The lowest BCUT2D eigenvalue weighted by Gasteiger charge is -2.14. The van der Waals surface area contributed by atoms with Crippen LogP contribution in [0.2, 0.25) is 0 Å². The highest BCUT2D eigenvalue weighted by molar-refractivity contribution is 5.93. The number of aryl methyl sites for hydroxylation is 1. The second kappa shape index (κ2) is 3.81. The molecule has 1 aliphatic rings. The van der Waals surface area contributed by atoms with Crippen molar-refractivity contribution in [2.75, 3.05) is 5.73 Å². The van der Waals surface area contributed by atoms with Gasteiger partial charge in [0.05, 0.1) is 17.4 Å². The maximum absolute atomic E-state index is 6.23. The Balaban J connectivity index is 2.23. The predicted octanol–water partition coefficient (Wildman–Crippen LogP) is 2.74. The van der Waals surface area contributed by atoms with E-state index in [1.807, 2.05) is 18.5 Å². The van der Waals surface area contributed by atoms with Crippen LogP contribution in [0.4, 0.5) is 5.69 Å². The summed E-state index contributed by atoms with van der Waals surface area (Å²) in [6.07, 6.45) is 10.1. The second-order valence-corrected chi connectivity index (χ2v) is 4.57. The van der Waals surface area contributed by atoms with Crippen LogP contribution in [0.5, 0.6) is 0 Å². The van der Waals surface area contributed by atoms with E-state index < -0.39 is 0 Å². The van der Waals surface area contributed by atoms with Crippen molar-refractivity contribution in [3.05, 3.63) is 24.2 Å². The molecule has 0 atom stereocenters. The van der Waals surface area contributed by atoms with Crippen molar-refractivity contribution in [3.8, 4) is 0 Å². The highest BCUT2D eigenvalue weighted by Crippen LogP contribution is 2.30. The lowest BCUT2D eigenvalue weighted by molar-refractivity contribution is 0.533. The average molecular weight is 215 g/mol. The molecule has 0 saturated carbocycles. The largest absolute Gasteiger partial charge is 0.397 e. The first-order chi connectivity index (χ1) is 7.88. The van der Waals surface area contributed by atoms with Gasteiger partial charge >= 0.3 is 0 Å². The fourth-order valence-electron chi connectivity index (χ4n) is 2.72. The third-order valence-electron chi connectivity index (χ3n) is 3.56. The molecule has 1 aliphatic heterocycles. The zero-order chi connectivity index (χ0) is 11.0. The average Bonchev–Trinajstić information content (AvgIpc) is 2.52. The first-order valence-electron chi connectivity index (χ1n) is 6.08. The molecule has 2 aromatic rings. The molecule has 84 valence electrons. The molecule has 0 aliphatic carbocycles. The molecule has 2 N–H and O–H groups in total. The van der Waals surface area contributed by atoms with E-state index >= 15 is 0 Å². The monoisotopic (exact) mass is 215 g/mol. The first kappa shape index (κ1) is 9.70. The lowest BCUT2D eigenvalue weighted by Crippen LogP contribution is -2.07. The molecule has 0 aromatic carbocycles. The molecular formula is C13H17N3. The summed E-state index contributed by atoms with van der Waals surface area (Å²) in [5, 5.41) is 1.17. The van der Waals surface area contributed by atoms with Gasteiger partial charge in [0.1, 0.15) is 0 Å². The van der Waals surface area contributed by atoms with Crippen molar-refractivity contribution in [2.45, 2.75) is 38.6 Å². The van der Waals surface area contributed by atoms with E-state index in [-0.39, 0.29) is 0 Å². The molecule has 0 saturated heterocycles. The molecule has 3 rings (SSSR count). The fraction of sp³-hybridized carbons (Fsp3) is 0.462. The predicted molar refractivity (Wildman–Crippen MR) is 66.3 cm³/mol. The van der Waals surface area contributed by atoms with E-state index in [1.165, 1.54) is 42.3 Å². The third kappa shape index (κ3) is 1.39. The Kier molecular flexibility index (Phi) is 2.31. The lowest BCUT2D eigenvalue weighted by atomic mass is 10.1. The standard InChI is InChI=1S/C13H17N3/c14-13-10-6-7-15-9-12(10)16-8-4-2-1-3-5-11(13)16/h6-7,9H,1-5,8,14H2. The van der Waals surface area contributed by atoms with Gasteiger partial charge in [-0.2, -0.15) is 0 Å². The van der Waals surface area contributed by atoms with E-state index in [0.717, 1.165) is 18.7 Å². The molecule has 3 heterocycles. The number of rotatable bonds is 0. The van der Waals surface area contributed by atoms with Crippen LogP contribution in [0.15, 0.2) is 18.5 Å². The summed E-state index contributed by atoms with van der Waals surface area (Å²) in [5.41, 5.74) is 9.73. The van der Waals surface area contributed by atoms with Gasteiger partial charge in [0.2, 0.25) is 0 Å². The van der Waals surface area contributed by atoms with Crippen LogP contribution in [-0.2, 0) is 13.0 Å². The topological polar surface area (TPSA) is 43.8 Å². The van der Waals surface area contributed by atoms with Gasteiger partial charge in [0.25, 0.3) is 0 Å². The van der Waals surface area contributed by atoms with Crippen molar-refractivity contribution in [1.29, 1.82) is 0 Å². The smallest absolute Gasteiger partial charge is 0.0690 e. The number of nitrogens with two attached hydrogens (primary N) is 1. The minimum Gasteiger partial charge on any atom is -0.397 e. The van der Waals surface area contributed by atoms with Crippen LogP contribution >= 0.6 is 0 Å². The van der Waals surface area contributed by atoms with Crippen LogP contribution in [0.25, 0.3) is 10.9 Å². The SMILES string of the molecule is Nc1c2n(c3cnccc13)CCCCCC2. The number of anilines is 1. The quantitative estimate of drug-likeness (QED) is 0.734. The van der Waals surface area contributed by atoms with Crippen molar-refractivity contribution in [3.63, 3.8) is 0 Å². The molecule has 0 radical (unpaired) electrons. The molecule has 16 heavy (non-hydrogen) atoms. The van der Waals surface area contributed by atoms with Crippen LogP contribution in [0, 0.1) is 0 Å². The molecular weight excluding hydrogens is 198 g/mol. The van der Waals surface area contributed by atoms with Gasteiger partial charge in [-0.3, -0.25) is 4.98 Å². The summed E-state index contributed by atoms with van der Waals surface area (Å²) < 4.78 is 2.37. The summed E-state index contributed by atoms with van der Waals surface area (Å²) in [6, 6.07) is 2.03. The number of hydrogen-bond donors (Lipinski definition) is 1. The highest BCUT2D eigenvalue weighted by Gasteiger charge is 2.15. The summed E-state index contributed by atoms with van der Waals surface area (Å²) in [5.74, 6) is 0. The first-order valence-corrected chi connectivity index (χ1v) is 6.08. The molecule has 3 nitrogen and oxygen atoms in total. The van der Waals surface area contributed by atoms with Crippen LogP contribution in [-0.4, -0.2) is 9.55 Å². The molecule has 0 fully saturated rings. The molecule has 0 spiro atoms. The maximum atomic E-state index is 6.23. The van der Waals surface area contributed by atoms with Gasteiger partial charge < -0.3 is 10.3 Å². The normalized spacial score (nSPS) is 16.8. The van der Waals surface area contributed by atoms with Crippen molar-refractivity contribution in [1.82, 2.24) is 9.55 Å². The van der Waals surface area contributed by atoms with Crippen LogP contribution in [0.3, 0.4) is 0 Å². The van der Waals surface area contributed by atoms with Crippen molar-refractivity contribution < 1.29 is 0 Å². The Morgan fingerprint density at radius 2 is 2.06 bits per heavy atom. The van der Waals surface area contributed by atoms with E-state index in [4.69, 9.17) is 5.73 Å². The van der Waals surface area contributed by atoms with Gasteiger partial charge in [-0.25, -0.2) is 0 Å². The third-order valence-corrected chi connectivity index (χ3v) is 3.56. The van der Waals surface area contributed by atoms with E-state index in [2.05, 4.69) is 9.55 Å². The van der Waals surface area contributed by atoms with Crippen LogP contribution < -0.4 is 5.73 Å². The zero-order valence-corrected chi connectivity index (χ0v) is 9.45. The van der Waals surface area contributed by atoms with Gasteiger partial charge in [-0.15, -0.1) is 0 Å². The second-order valence-electron chi connectivity index (χ2n) is 4.57. The Hall–Kier alpha value is -1.51. The number of pyridine rings is 1. The van der Waals surface area contributed by atoms with Crippen molar-refractivity contribution in [2.24, 2.45) is 0 Å². The minimum atomic E-state index is 0.972. The van der Waals surface area contributed by atoms with Gasteiger partial charge in [-0.05, 0) is 25.3 Å². The fourth-order valence-corrected chi connectivity index (χ4v) is 2.72. The molecule has 0 bridgehead atoms. The molecule has 0 amide bonds. The Labute approximate surface area is 95.3 Å². The maximum Gasteiger partial charge on any atom is 0.0690 e. The molecule has 0 unspecified atom stereocenters.